The van der Waals surface area contributed by atoms with E-state index in [-0.39, 0.29) is 5.91 Å². The van der Waals surface area contributed by atoms with Crippen LogP contribution in [0.25, 0.3) is 0 Å². The standard InChI is InChI=1S/C20H24N4O2/c1-15-12-20(2,26-23-15)19(25)22-13-17-10-7-11-21-18(17)24(3)14-16-8-5-4-6-9-16/h4-11H,12-14H2,1-3H3,(H,22,25)/t20-/m0/s1. The van der Waals surface area contributed by atoms with Gasteiger partial charge in [-0.3, -0.25) is 4.79 Å². The summed E-state index contributed by atoms with van der Waals surface area (Å²) in [5.74, 6) is 0.681. The maximum Gasteiger partial charge on any atom is 0.267 e. The lowest BCUT2D eigenvalue weighted by molar-refractivity contribution is -0.141. The van der Waals surface area contributed by atoms with Crippen LogP contribution in [-0.2, 0) is 22.7 Å². The van der Waals surface area contributed by atoms with Crippen molar-refractivity contribution in [2.75, 3.05) is 11.9 Å². The van der Waals surface area contributed by atoms with Crippen molar-refractivity contribution in [1.82, 2.24) is 10.3 Å². The fourth-order valence-corrected chi connectivity index (χ4v) is 3.06. The molecule has 0 radical (unpaired) electrons. The predicted molar refractivity (Wildman–Crippen MR) is 102 cm³/mol. The minimum Gasteiger partial charge on any atom is -0.379 e. The van der Waals surface area contributed by atoms with E-state index in [1.807, 2.05) is 44.3 Å². The first-order valence-corrected chi connectivity index (χ1v) is 8.67. The predicted octanol–water partition coefficient (Wildman–Crippen LogP) is 2.89. The molecular formula is C20H24N4O2. The number of nitrogens with zero attached hydrogens (tertiary/aromatic N) is 3. The molecule has 0 bridgehead atoms. The Kier molecular flexibility index (Phi) is 5.21. The molecule has 136 valence electrons. The number of carbonyl (C=O) groups excluding carboxylic acids is 1. The van der Waals surface area contributed by atoms with Crippen LogP contribution in [0.1, 0.15) is 31.4 Å². The molecule has 26 heavy (non-hydrogen) atoms. The van der Waals surface area contributed by atoms with Crippen molar-refractivity contribution in [2.24, 2.45) is 5.16 Å². The van der Waals surface area contributed by atoms with Crippen molar-refractivity contribution in [3.63, 3.8) is 0 Å². The number of hydrogen-bond acceptors (Lipinski definition) is 5. The SMILES string of the molecule is CC1=NO[C@](C)(C(=O)NCc2cccnc2N(C)Cc2ccccc2)C1. The van der Waals surface area contributed by atoms with Gasteiger partial charge in [-0.25, -0.2) is 4.98 Å². The van der Waals surface area contributed by atoms with Crippen molar-refractivity contribution in [3.8, 4) is 0 Å². The number of hydrogen-bond donors (Lipinski definition) is 1. The molecule has 3 rings (SSSR count). The summed E-state index contributed by atoms with van der Waals surface area (Å²) in [5, 5.41) is 6.85. The zero-order chi connectivity index (χ0) is 18.6. The van der Waals surface area contributed by atoms with Gasteiger partial charge in [-0.05, 0) is 25.5 Å². The van der Waals surface area contributed by atoms with E-state index >= 15 is 0 Å². The van der Waals surface area contributed by atoms with Gasteiger partial charge in [0.1, 0.15) is 5.82 Å². The number of pyridine rings is 1. The topological polar surface area (TPSA) is 66.8 Å². The first kappa shape index (κ1) is 17.9. The molecule has 1 aliphatic rings. The first-order valence-electron chi connectivity index (χ1n) is 8.67. The molecule has 0 unspecified atom stereocenters. The van der Waals surface area contributed by atoms with Crippen LogP contribution in [0.4, 0.5) is 5.82 Å². The lowest BCUT2D eigenvalue weighted by Gasteiger charge is -2.23. The molecule has 0 spiro atoms. The molecule has 1 amide bonds. The van der Waals surface area contributed by atoms with E-state index in [0.717, 1.165) is 23.6 Å². The quantitative estimate of drug-likeness (QED) is 0.868. The molecule has 0 saturated carbocycles. The second-order valence-corrected chi connectivity index (χ2v) is 6.84. The normalized spacial score (nSPS) is 18.8. The second kappa shape index (κ2) is 7.56. The van der Waals surface area contributed by atoms with E-state index in [4.69, 9.17) is 4.84 Å². The lowest BCUT2D eigenvalue weighted by atomic mass is 9.99. The van der Waals surface area contributed by atoms with E-state index < -0.39 is 5.60 Å². The third-order valence-corrected chi connectivity index (χ3v) is 4.41. The molecule has 0 fully saturated rings. The number of anilines is 1. The number of rotatable bonds is 6. The third-order valence-electron chi connectivity index (χ3n) is 4.41. The molecule has 6 nitrogen and oxygen atoms in total. The number of aromatic nitrogens is 1. The fourth-order valence-electron chi connectivity index (χ4n) is 3.06. The molecule has 0 aliphatic carbocycles. The molecule has 1 atom stereocenters. The Labute approximate surface area is 153 Å². The first-order chi connectivity index (χ1) is 12.5. The van der Waals surface area contributed by atoms with E-state index in [0.29, 0.717) is 13.0 Å². The number of amides is 1. The van der Waals surface area contributed by atoms with Crippen LogP contribution in [0, 0.1) is 0 Å². The Balaban J connectivity index is 1.66. The average molecular weight is 352 g/mol. The maximum atomic E-state index is 12.5. The van der Waals surface area contributed by atoms with Crippen molar-refractivity contribution in [2.45, 2.75) is 39.0 Å². The zero-order valence-electron chi connectivity index (χ0n) is 15.4. The van der Waals surface area contributed by atoms with E-state index in [1.165, 1.54) is 5.56 Å². The van der Waals surface area contributed by atoms with Crippen LogP contribution in [0.15, 0.2) is 53.8 Å². The molecule has 2 heterocycles. The second-order valence-electron chi connectivity index (χ2n) is 6.84. The summed E-state index contributed by atoms with van der Waals surface area (Å²) in [6, 6.07) is 14.1. The monoisotopic (exact) mass is 352 g/mol. The minimum atomic E-state index is -0.928. The average Bonchev–Trinajstić information content (AvgIpc) is 3.01. The van der Waals surface area contributed by atoms with Gasteiger partial charge in [0, 0.05) is 38.3 Å². The van der Waals surface area contributed by atoms with Gasteiger partial charge in [-0.2, -0.15) is 0 Å². The third kappa shape index (κ3) is 4.02. The van der Waals surface area contributed by atoms with E-state index in [1.54, 1.807) is 13.1 Å². The highest BCUT2D eigenvalue weighted by molar-refractivity contribution is 5.94. The van der Waals surface area contributed by atoms with Crippen LogP contribution >= 0.6 is 0 Å². The molecule has 1 N–H and O–H groups in total. The smallest absolute Gasteiger partial charge is 0.267 e. The van der Waals surface area contributed by atoms with Crippen LogP contribution in [0.5, 0.6) is 0 Å². The van der Waals surface area contributed by atoms with Gasteiger partial charge < -0.3 is 15.1 Å². The Bertz CT molecular complexity index is 806. The van der Waals surface area contributed by atoms with Gasteiger partial charge in [-0.15, -0.1) is 0 Å². The van der Waals surface area contributed by atoms with Gasteiger partial charge in [0.15, 0.2) is 0 Å². The van der Waals surface area contributed by atoms with E-state index in [2.05, 4.69) is 32.5 Å². The highest BCUT2D eigenvalue weighted by atomic mass is 16.7. The summed E-state index contributed by atoms with van der Waals surface area (Å²) in [6.45, 7) is 4.75. The highest BCUT2D eigenvalue weighted by Gasteiger charge is 2.40. The fraction of sp³-hybridized carbons (Fsp3) is 0.350. The Hall–Kier alpha value is -2.89. The van der Waals surface area contributed by atoms with Crippen LogP contribution in [-0.4, -0.2) is 29.3 Å². The Morgan fingerprint density at radius 2 is 2.04 bits per heavy atom. The molecule has 6 heteroatoms. The Morgan fingerprint density at radius 3 is 2.73 bits per heavy atom. The van der Waals surface area contributed by atoms with Gasteiger partial charge in [0.05, 0.1) is 5.71 Å². The lowest BCUT2D eigenvalue weighted by Crippen LogP contribution is -2.44. The number of nitrogens with one attached hydrogen (secondary N) is 1. The largest absolute Gasteiger partial charge is 0.379 e. The molecular weight excluding hydrogens is 328 g/mol. The van der Waals surface area contributed by atoms with Crippen molar-refractivity contribution in [1.29, 1.82) is 0 Å². The van der Waals surface area contributed by atoms with Gasteiger partial charge >= 0.3 is 0 Å². The van der Waals surface area contributed by atoms with Crippen molar-refractivity contribution in [3.05, 3.63) is 59.8 Å². The van der Waals surface area contributed by atoms with Gasteiger partial charge in [0.25, 0.3) is 5.91 Å². The zero-order valence-corrected chi connectivity index (χ0v) is 15.4. The summed E-state index contributed by atoms with van der Waals surface area (Å²) in [5.41, 5.74) is 2.06. The molecule has 2 aromatic rings. The summed E-state index contributed by atoms with van der Waals surface area (Å²) < 4.78 is 0. The van der Waals surface area contributed by atoms with E-state index in [9.17, 15) is 4.79 Å². The Morgan fingerprint density at radius 1 is 1.27 bits per heavy atom. The summed E-state index contributed by atoms with van der Waals surface area (Å²) >= 11 is 0. The van der Waals surface area contributed by atoms with Crippen LogP contribution in [0.3, 0.4) is 0 Å². The molecule has 0 saturated heterocycles. The molecule has 1 aromatic heterocycles. The van der Waals surface area contributed by atoms with Crippen molar-refractivity contribution >= 4 is 17.4 Å². The molecule has 1 aliphatic heterocycles. The van der Waals surface area contributed by atoms with Gasteiger partial charge in [-0.1, -0.05) is 41.6 Å². The number of oxime groups is 1. The highest BCUT2D eigenvalue weighted by Crippen LogP contribution is 2.24. The molecule has 1 aromatic carbocycles. The summed E-state index contributed by atoms with van der Waals surface area (Å²) in [4.78, 5) is 24.4. The van der Waals surface area contributed by atoms with Gasteiger partial charge in [0.2, 0.25) is 5.60 Å². The van der Waals surface area contributed by atoms with Crippen LogP contribution in [0.2, 0.25) is 0 Å². The maximum absolute atomic E-state index is 12.5. The number of carbonyl (C=O) groups is 1. The van der Waals surface area contributed by atoms with Crippen molar-refractivity contribution < 1.29 is 9.63 Å². The summed E-state index contributed by atoms with van der Waals surface area (Å²) in [7, 11) is 2.00. The summed E-state index contributed by atoms with van der Waals surface area (Å²) in [6.07, 6.45) is 2.27. The number of benzene rings is 1. The van der Waals surface area contributed by atoms with Crippen LogP contribution < -0.4 is 10.2 Å². The minimum absolute atomic E-state index is 0.168.